The molecule has 4 nitrogen and oxygen atoms in total. The monoisotopic (exact) mass is 255 g/mol. The Labute approximate surface area is 107 Å². The minimum absolute atomic E-state index is 0.0817. The standard InChI is InChI=1S/C12H18ClN3O/c1-8-9(2)11(16-15-10(8)13)14-7-12(3)5-4-6-17-12/h4-7H2,1-3H3,(H,14,16). The lowest BCUT2D eigenvalue weighted by Gasteiger charge is -2.24. The Morgan fingerprint density at radius 2 is 2.12 bits per heavy atom. The van der Waals surface area contributed by atoms with Crippen LogP contribution >= 0.6 is 11.6 Å². The van der Waals surface area contributed by atoms with Crippen molar-refractivity contribution in [1.82, 2.24) is 10.2 Å². The molecule has 1 N–H and O–H groups in total. The molecule has 1 fully saturated rings. The van der Waals surface area contributed by atoms with Crippen molar-refractivity contribution >= 4 is 17.4 Å². The van der Waals surface area contributed by atoms with Crippen LogP contribution in [0.4, 0.5) is 5.82 Å². The third-order valence-corrected chi connectivity index (χ3v) is 3.75. The predicted molar refractivity (Wildman–Crippen MR) is 68.6 cm³/mol. The zero-order chi connectivity index (χ0) is 12.5. The van der Waals surface area contributed by atoms with E-state index < -0.39 is 0 Å². The van der Waals surface area contributed by atoms with E-state index in [4.69, 9.17) is 16.3 Å². The molecule has 1 aromatic heterocycles. The zero-order valence-corrected chi connectivity index (χ0v) is 11.3. The van der Waals surface area contributed by atoms with Gasteiger partial charge in [0, 0.05) is 13.2 Å². The van der Waals surface area contributed by atoms with Crippen molar-refractivity contribution in [2.24, 2.45) is 0 Å². The van der Waals surface area contributed by atoms with Gasteiger partial charge in [-0.15, -0.1) is 10.2 Å². The van der Waals surface area contributed by atoms with Gasteiger partial charge >= 0.3 is 0 Å². The number of hydrogen-bond acceptors (Lipinski definition) is 4. The fourth-order valence-corrected chi connectivity index (χ4v) is 2.17. The molecule has 0 aliphatic carbocycles. The van der Waals surface area contributed by atoms with Crippen molar-refractivity contribution in [3.63, 3.8) is 0 Å². The average Bonchev–Trinajstić information content (AvgIpc) is 2.73. The van der Waals surface area contributed by atoms with Crippen LogP contribution in [0.25, 0.3) is 0 Å². The number of ether oxygens (including phenoxy) is 1. The predicted octanol–water partition coefficient (Wildman–Crippen LogP) is 2.73. The molecule has 94 valence electrons. The van der Waals surface area contributed by atoms with E-state index in [1.54, 1.807) is 0 Å². The molecule has 0 amide bonds. The maximum absolute atomic E-state index is 5.91. The summed E-state index contributed by atoms with van der Waals surface area (Å²) in [7, 11) is 0. The van der Waals surface area contributed by atoms with Gasteiger partial charge in [0.25, 0.3) is 0 Å². The summed E-state index contributed by atoms with van der Waals surface area (Å²) in [4.78, 5) is 0. The molecule has 17 heavy (non-hydrogen) atoms. The van der Waals surface area contributed by atoms with Gasteiger partial charge in [0.1, 0.15) is 0 Å². The largest absolute Gasteiger partial charge is 0.373 e. The van der Waals surface area contributed by atoms with Crippen LogP contribution in [-0.2, 0) is 4.74 Å². The fourth-order valence-electron chi connectivity index (χ4n) is 1.99. The summed E-state index contributed by atoms with van der Waals surface area (Å²) in [6, 6.07) is 0. The first-order valence-corrected chi connectivity index (χ1v) is 6.27. The van der Waals surface area contributed by atoms with Crippen LogP contribution in [-0.4, -0.2) is 29.0 Å². The van der Waals surface area contributed by atoms with Crippen molar-refractivity contribution in [2.75, 3.05) is 18.5 Å². The highest BCUT2D eigenvalue weighted by Crippen LogP contribution is 2.26. The number of hydrogen-bond donors (Lipinski definition) is 1. The van der Waals surface area contributed by atoms with Gasteiger partial charge in [-0.05, 0) is 44.7 Å². The van der Waals surface area contributed by atoms with Crippen LogP contribution in [0.2, 0.25) is 5.15 Å². The SMILES string of the molecule is Cc1c(Cl)nnc(NCC2(C)CCCO2)c1C. The van der Waals surface area contributed by atoms with Crippen molar-refractivity contribution in [3.05, 3.63) is 16.3 Å². The van der Waals surface area contributed by atoms with Gasteiger partial charge in [-0.25, -0.2) is 0 Å². The van der Waals surface area contributed by atoms with Gasteiger partial charge in [-0.3, -0.25) is 0 Å². The highest BCUT2D eigenvalue weighted by Gasteiger charge is 2.29. The molecular weight excluding hydrogens is 238 g/mol. The van der Waals surface area contributed by atoms with Crippen molar-refractivity contribution in [3.8, 4) is 0 Å². The molecule has 0 saturated carbocycles. The van der Waals surface area contributed by atoms with Crippen molar-refractivity contribution in [2.45, 2.75) is 39.2 Å². The minimum atomic E-state index is -0.0817. The Balaban J connectivity index is 2.06. The normalized spacial score (nSPS) is 24.0. The topological polar surface area (TPSA) is 47.0 Å². The summed E-state index contributed by atoms with van der Waals surface area (Å²) >= 11 is 5.91. The van der Waals surface area contributed by atoms with Gasteiger partial charge in [0.05, 0.1) is 5.60 Å². The summed E-state index contributed by atoms with van der Waals surface area (Å²) in [6.07, 6.45) is 2.21. The van der Waals surface area contributed by atoms with Gasteiger partial charge in [-0.2, -0.15) is 0 Å². The molecule has 2 rings (SSSR count). The van der Waals surface area contributed by atoms with Crippen molar-refractivity contribution in [1.29, 1.82) is 0 Å². The number of nitrogens with zero attached hydrogens (tertiary/aromatic N) is 2. The van der Waals surface area contributed by atoms with Gasteiger partial charge in [0.15, 0.2) is 11.0 Å². The Bertz CT molecular complexity index is 416. The molecule has 1 unspecified atom stereocenters. The Kier molecular flexibility index (Phi) is 3.54. The molecule has 1 aliphatic rings. The number of anilines is 1. The summed E-state index contributed by atoms with van der Waals surface area (Å²) in [6.45, 7) is 7.67. The van der Waals surface area contributed by atoms with E-state index in [1.165, 1.54) is 0 Å². The van der Waals surface area contributed by atoms with Crippen LogP contribution in [0.1, 0.15) is 30.9 Å². The van der Waals surface area contributed by atoms with E-state index in [1.807, 2.05) is 13.8 Å². The average molecular weight is 256 g/mol. The molecule has 1 saturated heterocycles. The van der Waals surface area contributed by atoms with Crippen molar-refractivity contribution < 1.29 is 4.74 Å². The van der Waals surface area contributed by atoms with Crippen LogP contribution in [0.15, 0.2) is 0 Å². The van der Waals surface area contributed by atoms with Gasteiger partial charge < -0.3 is 10.1 Å². The highest BCUT2D eigenvalue weighted by molar-refractivity contribution is 6.30. The lowest BCUT2D eigenvalue weighted by atomic mass is 10.0. The van der Waals surface area contributed by atoms with E-state index in [9.17, 15) is 0 Å². The smallest absolute Gasteiger partial charge is 0.155 e. The second-order valence-corrected chi connectivity index (χ2v) is 5.20. The number of nitrogens with one attached hydrogen (secondary N) is 1. The van der Waals surface area contributed by atoms with E-state index >= 15 is 0 Å². The molecule has 2 heterocycles. The third-order valence-electron chi connectivity index (χ3n) is 3.40. The molecule has 0 aromatic carbocycles. The minimum Gasteiger partial charge on any atom is -0.373 e. The molecule has 1 aliphatic heterocycles. The summed E-state index contributed by atoms with van der Waals surface area (Å²) in [5.74, 6) is 0.795. The summed E-state index contributed by atoms with van der Waals surface area (Å²) in [5.41, 5.74) is 1.94. The number of aromatic nitrogens is 2. The van der Waals surface area contributed by atoms with E-state index in [0.717, 1.165) is 42.9 Å². The molecule has 5 heteroatoms. The van der Waals surface area contributed by atoms with Crippen LogP contribution in [0.5, 0.6) is 0 Å². The first kappa shape index (κ1) is 12.6. The molecule has 1 aromatic rings. The highest BCUT2D eigenvalue weighted by atomic mass is 35.5. The molecule has 0 bridgehead atoms. The van der Waals surface area contributed by atoms with Gasteiger partial charge in [0.2, 0.25) is 0 Å². The fraction of sp³-hybridized carbons (Fsp3) is 0.667. The summed E-state index contributed by atoms with van der Waals surface area (Å²) < 4.78 is 5.72. The second-order valence-electron chi connectivity index (χ2n) is 4.84. The number of rotatable bonds is 3. The van der Waals surface area contributed by atoms with Crippen LogP contribution in [0, 0.1) is 13.8 Å². The molecular formula is C12H18ClN3O. The zero-order valence-electron chi connectivity index (χ0n) is 10.5. The Hall–Kier alpha value is -0.870. The van der Waals surface area contributed by atoms with E-state index in [-0.39, 0.29) is 5.60 Å². The lowest BCUT2D eigenvalue weighted by Crippen LogP contribution is -2.33. The summed E-state index contributed by atoms with van der Waals surface area (Å²) in [5, 5.41) is 11.8. The molecule has 0 radical (unpaired) electrons. The first-order chi connectivity index (χ1) is 8.02. The number of halogens is 1. The maximum Gasteiger partial charge on any atom is 0.155 e. The Morgan fingerprint density at radius 3 is 2.76 bits per heavy atom. The van der Waals surface area contributed by atoms with Crippen LogP contribution in [0.3, 0.4) is 0 Å². The quantitative estimate of drug-likeness (QED) is 0.902. The van der Waals surface area contributed by atoms with Gasteiger partial charge in [-0.1, -0.05) is 11.6 Å². The van der Waals surface area contributed by atoms with E-state index in [0.29, 0.717) is 5.15 Å². The Morgan fingerprint density at radius 1 is 1.35 bits per heavy atom. The second kappa shape index (κ2) is 4.78. The van der Waals surface area contributed by atoms with Crippen LogP contribution < -0.4 is 5.32 Å². The first-order valence-electron chi connectivity index (χ1n) is 5.89. The van der Waals surface area contributed by atoms with E-state index in [2.05, 4.69) is 22.4 Å². The molecule has 0 spiro atoms. The third kappa shape index (κ3) is 2.69. The lowest BCUT2D eigenvalue weighted by molar-refractivity contribution is 0.0314. The maximum atomic E-state index is 5.91. The molecule has 1 atom stereocenters.